The molecule has 1 aromatic rings. The molecule has 0 amide bonds. The van der Waals surface area contributed by atoms with E-state index in [0.29, 0.717) is 26.0 Å². The Balaban J connectivity index is 1.67. The van der Waals surface area contributed by atoms with Crippen LogP contribution in [0.1, 0.15) is 26.7 Å². The van der Waals surface area contributed by atoms with E-state index in [4.69, 9.17) is 4.74 Å². The van der Waals surface area contributed by atoms with Gasteiger partial charge in [0, 0.05) is 32.7 Å². The highest BCUT2D eigenvalue weighted by Gasteiger charge is 2.43. The molecular formula is C19H28F2N2O5S. The second-order valence-corrected chi connectivity index (χ2v) is 10.2. The van der Waals surface area contributed by atoms with Gasteiger partial charge in [0.05, 0.1) is 22.7 Å². The predicted octanol–water partition coefficient (Wildman–Crippen LogP) is 1.91. The molecule has 2 fully saturated rings. The van der Waals surface area contributed by atoms with Gasteiger partial charge in [0.2, 0.25) is 10.0 Å². The van der Waals surface area contributed by atoms with Gasteiger partial charge in [0.25, 0.3) is 0 Å². The first-order valence-electron chi connectivity index (χ1n) is 9.63. The molecule has 0 atom stereocenters. The van der Waals surface area contributed by atoms with Crippen LogP contribution in [0.15, 0.2) is 29.2 Å². The number of aliphatic hydroxyl groups is 1. The standard InChI is InChI=1S/C19H28F2N2O5S/c1-18(2,24)13-22-9-7-19(8-10-22)14-23(11-12-27-19)29(25,26)16-5-3-15(4-6-16)28-17(20)21/h3-6,17,24H,7-14H2,1-2H3. The SMILES string of the molecule is CC(C)(O)CN1CCC2(CC1)CN(S(=O)(=O)c1ccc(OC(F)F)cc1)CCO2. The lowest BCUT2D eigenvalue weighted by molar-refractivity contribution is -0.124. The fourth-order valence-electron chi connectivity index (χ4n) is 3.93. The molecule has 2 saturated heterocycles. The summed E-state index contributed by atoms with van der Waals surface area (Å²) >= 11 is 0. The van der Waals surface area contributed by atoms with Crippen LogP contribution in [0.5, 0.6) is 5.75 Å². The molecule has 0 aliphatic carbocycles. The van der Waals surface area contributed by atoms with Gasteiger partial charge in [-0.05, 0) is 51.0 Å². The molecule has 164 valence electrons. The molecule has 0 radical (unpaired) electrons. The predicted molar refractivity (Wildman–Crippen MR) is 102 cm³/mol. The normalized spacial score (nSPS) is 21.6. The van der Waals surface area contributed by atoms with Gasteiger partial charge in [-0.25, -0.2) is 8.42 Å². The Kier molecular flexibility index (Phi) is 6.50. The minimum atomic E-state index is -3.77. The Morgan fingerprint density at radius 1 is 1.21 bits per heavy atom. The topological polar surface area (TPSA) is 79.3 Å². The van der Waals surface area contributed by atoms with Gasteiger partial charge in [-0.2, -0.15) is 13.1 Å². The monoisotopic (exact) mass is 434 g/mol. The fraction of sp³-hybridized carbons (Fsp3) is 0.684. The highest BCUT2D eigenvalue weighted by Crippen LogP contribution is 2.33. The minimum Gasteiger partial charge on any atom is -0.435 e. The quantitative estimate of drug-likeness (QED) is 0.737. The Labute approximate surface area is 170 Å². The molecule has 0 aromatic heterocycles. The number of ether oxygens (including phenoxy) is 2. The first-order chi connectivity index (χ1) is 13.5. The zero-order chi connectivity index (χ0) is 21.3. The summed E-state index contributed by atoms with van der Waals surface area (Å²) in [7, 11) is -3.77. The van der Waals surface area contributed by atoms with Crippen LogP contribution in [0.2, 0.25) is 0 Å². The number of piperidine rings is 1. The highest BCUT2D eigenvalue weighted by atomic mass is 32.2. The third-order valence-corrected chi connectivity index (χ3v) is 7.14. The van der Waals surface area contributed by atoms with E-state index in [0.717, 1.165) is 13.1 Å². The van der Waals surface area contributed by atoms with Gasteiger partial charge in [0.1, 0.15) is 5.75 Å². The molecule has 10 heteroatoms. The van der Waals surface area contributed by atoms with E-state index in [2.05, 4.69) is 9.64 Å². The molecule has 0 unspecified atom stereocenters. The van der Waals surface area contributed by atoms with Crippen molar-refractivity contribution >= 4 is 10.0 Å². The average molecular weight is 435 g/mol. The smallest absolute Gasteiger partial charge is 0.387 e. The average Bonchev–Trinajstić information content (AvgIpc) is 2.63. The Bertz CT molecular complexity index is 788. The lowest BCUT2D eigenvalue weighted by Gasteiger charge is -2.47. The summed E-state index contributed by atoms with van der Waals surface area (Å²) in [5.74, 6) is -0.0865. The number of halogens is 2. The first kappa shape index (κ1) is 22.4. The number of sulfonamides is 1. The molecule has 2 aliphatic heterocycles. The van der Waals surface area contributed by atoms with E-state index in [1.165, 1.54) is 28.6 Å². The molecule has 0 bridgehead atoms. The second-order valence-electron chi connectivity index (χ2n) is 8.31. The third-order valence-electron chi connectivity index (χ3n) is 5.28. The van der Waals surface area contributed by atoms with Gasteiger partial charge < -0.3 is 19.5 Å². The van der Waals surface area contributed by atoms with Crippen LogP contribution in [0, 0.1) is 0 Å². The van der Waals surface area contributed by atoms with Crippen molar-refractivity contribution in [2.75, 3.05) is 39.3 Å². The van der Waals surface area contributed by atoms with Gasteiger partial charge >= 0.3 is 6.61 Å². The molecule has 2 aliphatic rings. The van der Waals surface area contributed by atoms with Crippen LogP contribution in [0.25, 0.3) is 0 Å². The number of benzene rings is 1. The van der Waals surface area contributed by atoms with E-state index in [-0.39, 0.29) is 23.7 Å². The van der Waals surface area contributed by atoms with Crippen molar-refractivity contribution in [2.24, 2.45) is 0 Å². The lowest BCUT2D eigenvalue weighted by Crippen LogP contribution is -2.58. The van der Waals surface area contributed by atoms with Crippen molar-refractivity contribution in [1.29, 1.82) is 0 Å². The van der Waals surface area contributed by atoms with Crippen molar-refractivity contribution in [3.8, 4) is 5.75 Å². The largest absolute Gasteiger partial charge is 0.435 e. The maximum absolute atomic E-state index is 13.0. The molecule has 0 saturated carbocycles. The number of hydrogen-bond acceptors (Lipinski definition) is 6. The molecule has 3 rings (SSSR count). The third kappa shape index (κ3) is 5.64. The van der Waals surface area contributed by atoms with Crippen molar-refractivity contribution < 1.29 is 31.8 Å². The summed E-state index contributed by atoms with van der Waals surface area (Å²) in [6.45, 7) is 3.36. The second kappa shape index (κ2) is 8.43. The van der Waals surface area contributed by atoms with Crippen LogP contribution < -0.4 is 4.74 Å². The van der Waals surface area contributed by atoms with Gasteiger partial charge in [-0.3, -0.25) is 0 Å². The van der Waals surface area contributed by atoms with Gasteiger partial charge in [0.15, 0.2) is 0 Å². The molecule has 7 nitrogen and oxygen atoms in total. The Morgan fingerprint density at radius 3 is 2.38 bits per heavy atom. The number of likely N-dealkylation sites (tertiary alicyclic amines) is 1. The summed E-state index contributed by atoms with van der Waals surface area (Å²) in [5.41, 5.74) is -1.33. The number of β-amino-alcohol motifs (C(OH)–C–C–N with tert-alkyl or cyclic N) is 1. The summed E-state index contributed by atoms with van der Waals surface area (Å²) in [6, 6.07) is 5.01. The van der Waals surface area contributed by atoms with Crippen LogP contribution in [0.3, 0.4) is 0 Å². The summed E-state index contributed by atoms with van der Waals surface area (Å²) in [6.07, 6.45) is 1.35. The Morgan fingerprint density at radius 2 is 1.83 bits per heavy atom. The summed E-state index contributed by atoms with van der Waals surface area (Å²) in [5, 5.41) is 10.0. The number of alkyl halides is 2. The van der Waals surface area contributed by atoms with E-state index >= 15 is 0 Å². The van der Waals surface area contributed by atoms with Crippen LogP contribution in [0.4, 0.5) is 8.78 Å². The van der Waals surface area contributed by atoms with Gasteiger partial charge in [-0.15, -0.1) is 0 Å². The van der Waals surface area contributed by atoms with Crippen molar-refractivity contribution in [3.05, 3.63) is 24.3 Å². The molecule has 1 spiro atoms. The first-order valence-corrected chi connectivity index (χ1v) is 11.1. The van der Waals surface area contributed by atoms with E-state index in [9.17, 15) is 22.3 Å². The fourth-order valence-corrected chi connectivity index (χ4v) is 5.42. The molecule has 1 aromatic carbocycles. The number of morpholine rings is 1. The summed E-state index contributed by atoms with van der Waals surface area (Å²) in [4.78, 5) is 2.19. The number of hydrogen-bond donors (Lipinski definition) is 1. The molecular weight excluding hydrogens is 406 g/mol. The number of nitrogens with zero attached hydrogens (tertiary/aromatic N) is 2. The highest BCUT2D eigenvalue weighted by molar-refractivity contribution is 7.89. The van der Waals surface area contributed by atoms with Crippen LogP contribution in [-0.2, 0) is 14.8 Å². The molecule has 29 heavy (non-hydrogen) atoms. The van der Waals surface area contributed by atoms with E-state index < -0.39 is 27.8 Å². The maximum Gasteiger partial charge on any atom is 0.387 e. The molecule has 2 heterocycles. The van der Waals surface area contributed by atoms with Gasteiger partial charge in [-0.1, -0.05) is 0 Å². The van der Waals surface area contributed by atoms with Crippen molar-refractivity contribution in [2.45, 2.75) is 49.4 Å². The lowest BCUT2D eigenvalue weighted by atomic mass is 9.89. The maximum atomic E-state index is 13.0. The van der Waals surface area contributed by atoms with Crippen LogP contribution in [-0.4, -0.2) is 79.9 Å². The van der Waals surface area contributed by atoms with Crippen molar-refractivity contribution in [1.82, 2.24) is 9.21 Å². The summed E-state index contributed by atoms with van der Waals surface area (Å²) < 4.78 is 62.3. The van der Waals surface area contributed by atoms with Crippen LogP contribution >= 0.6 is 0 Å². The van der Waals surface area contributed by atoms with Crippen molar-refractivity contribution in [3.63, 3.8) is 0 Å². The Hall–Kier alpha value is -1.33. The molecule has 1 N–H and O–H groups in total. The zero-order valence-corrected chi connectivity index (χ0v) is 17.5. The minimum absolute atomic E-state index is 0.0376. The zero-order valence-electron chi connectivity index (χ0n) is 16.7. The van der Waals surface area contributed by atoms with E-state index in [1.54, 1.807) is 13.8 Å². The van der Waals surface area contributed by atoms with E-state index in [1.807, 2.05) is 0 Å². The number of rotatable bonds is 6.